The molecule has 0 bridgehead atoms. The van der Waals surface area contributed by atoms with E-state index in [4.69, 9.17) is 46.8 Å². The van der Waals surface area contributed by atoms with E-state index in [-0.39, 0.29) is 85.1 Å². The van der Waals surface area contributed by atoms with Crippen LogP contribution in [0.4, 0.5) is 0 Å². The molecule has 5 heterocycles. The summed E-state index contributed by atoms with van der Waals surface area (Å²) in [5.74, 6) is 0.246. The van der Waals surface area contributed by atoms with Gasteiger partial charge in [-0.15, -0.1) is 0 Å². The van der Waals surface area contributed by atoms with Gasteiger partial charge in [0, 0.05) is 37.4 Å². The lowest BCUT2D eigenvalue weighted by atomic mass is 9.89. The number of halogens is 5. The van der Waals surface area contributed by atoms with Gasteiger partial charge in [0.2, 0.25) is 0 Å². The number of benzene rings is 9. The Balaban J connectivity index is 0.000000130. The minimum Gasteiger partial charge on any atom is -0.390 e. The summed E-state index contributed by atoms with van der Waals surface area (Å²) in [5.41, 5.74) is 10.6. The second kappa shape index (κ2) is 61.1. The summed E-state index contributed by atoms with van der Waals surface area (Å²) in [7, 11) is -3.38. The highest BCUT2D eigenvalue weighted by Gasteiger charge is 2.40. The van der Waals surface area contributed by atoms with Gasteiger partial charge >= 0.3 is 0 Å². The first kappa shape index (κ1) is 113. The SMILES string of the molecule is Brc1cn[nH]c1.Brc1cnn([C@@H]2CC[C@H]2OCc2ccccc2)c1.Brc1cnn([C@H]2CC[C@@H]2OCc2ccccc2)c1.Brc1cnn([C@H]2CC[C@@H]2OCc2ccccc2)c1.Brc1cnn([C@H]2CC[C@@H]2OCc2ccccc2)c1.CS(=O)(=O)O[C@@H]1CC[C@@H]1OCc1ccccc1.O=C1CCC1OCc1ccccc1.O[C@@H]1CC[C@@H]1OCc1ccccc1.O[C@@H]1CC[C@@H]1OCc1ccccc1.O[C@H]1CC[C@@H]1OCc1ccccc1. The van der Waals surface area contributed by atoms with Crippen molar-refractivity contribution >= 4 is 95.6 Å². The molecule has 14 aromatic rings. The number of rotatable bonds is 33. The smallest absolute Gasteiger partial charge is 0.264 e. The van der Waals surface area contributed by atoms with E-state index in [1.54, 1.807) is 12.4 Å². The van der Waals surface area contributed by atoms with Gasteiger partial charge in [-0.3, -0.25) is 32.8 Å². The van der Waals surface area contributed by atoms with Crippen LogP contribution >= 0.6 is 79.6 Å². The Labute approximate surface area is 905 Å². The lowest BCUT2D eigenvalue weighted by Crippen LogP contribution is -2.42. The van der Waals surface area contributed by atoms with Gasteiger partial charge in [0.25, 0.3) is 10.1 Å². The Kier molecular flexibility index (Phi) is 47.1. The summed E-state index contributed by atoms with van der Waals surface area (Å²) in [6.07, 6.45) is 37.9. The number of aromatic amines is 1. The van der Waals surface area contributed by atoms with Crippen LogP contribution in [-0.4, -0.2) is 164 Å². The van der Waals surface area contributed by atoms with Crippen molar-refractivity contribution in [2.75, 3.05) is 6.26 Å². The number of H-pyrrole nitrogens is 1. The predicted octanol–water partition coefficient (Wildman–Crippen LogP) is 24.3. The minimum atomic E-state index is -3.38. The van der Waals surface area contributed by atoms with Gasteiger partial charge in [0.1, 0.15) is 12.2 Å². The van der Waals surface area contributed by atoms with Crippen molar-refractivity contribution in [1.29, 1.82) is 0 Å². The predicted molar refractivity (Wildman–Crippen MR) is 583 cm³/mol. The number of nitrogens with zero attached hydrogens (tertiary/aromatic N) is 9. The molecule has 4 N–H and O–H groups in total. The van der Waals surface area contributed by atoms with Crippen LogP contribution < -0.4 is 0 Å². The van der Waals surface area contributed by atoms with Crippen molar-refractivity contribution in [3.8, 4) is 0 Å². The highest BCUT2D eigenvalue weighted by Crippen LogP contribution is 2.40. The molecule has 9 aliphatic carbocycles. The average molecular weight is 2340 g/mol. The third-order valence-corrected chi connectivity index (χ3v) is 29.2. The van der Waals surface area contributed by atoms with Crippen LogP contribution in [0.15, 0.2) is 357 Å². The fourth-order valence-electron chi connectivity index (χ4n) is 16.5. The van der Waals surface area contributed by atoms with Crippen LogP contribution in [0, 0.1) is 0 Å². The Bertz CT molecular complexity index is 5590. The van der Waals surface area contributed by atoms with E-state index in [1.807, 2.05) is 293 Å². The molecule has 0 aliphatic heterocycles. The van der Waals surface area contributed by atoms with E-state index < -0.39 is 10.1 Å². The largest absolute Gasteiger partial charge is 0.390 e. The summed E-state index contributed by atoms with van der Waals surface area (Å²) >= 11 is 16.9. The number of aromatic nitrogens is 10. The van der Waals surface area contributed by atoms with Gasteiger partial charge in [-0.05, 0) is 239 Å². The topological polar surface area (TPSA) is 304 Å². The molecule has 26 nitrogen and oxygen atoms in total. The fraction of sp³-hybridized carbons (Fsp3) is 0.391. The Morgan fingerprint density at radius 1 is 0.279 bits per heavy atom. The molecular weight excluding hydrogens is 2210 g/mol. The molecule has 9 aromatic carbocycles. The monoisotopic (exact) mass is 2340 g/mol. The van der Waals surface area contributed by atoms with E-state index in [0.29, 0.717) is 90.1 Å². The number of Topliss-reactive ketones (excluding diaryl/α,β-unsaturated/α-hetero) is 1. The van der Waals surface area contributed by atoms with Crippen LogP contribution in [0.3, 0.4) is 0 Å². The van der Waals surface area contributed by atoms with Gasteiger partial charge in [-0.1, -0.05) is 273 Å². The second-order valence-electron chi connectivity index (χ2n) is 37.4. The maximum Gasteiger partial charge on any atom is 0.264 e. The number of carbonyl (C=O) groups excluding carboxylic acids is 1. The maximum absolute atomic E-state index is 11.0. The number of aliphatic hydroxyl groups is 3. The van der Waals surface area contributed by atoms with Crippen LogP contribution in [0.5, 0.6) is 0 Å². The third kappa shape index (κ3) is 38.7. The third-order valence-electron chi connectivity index (χ3n) is 26.5. The molecule has 9 fully saturated rings. The van der Waals surface area contributed by atoms with Crippen LogP contribution in [0.1, 0.15) is 190 Å². The Morgan fingerprint density at radius 3 is 0.639 bits per heavy atom. The number of nitrogens with one attached hydrogen (secondary N) is 1. The molecule has 147 heavy (non-hydrogen) atoms. The number of carbonyl (C=O) groups is 1. The second-order valence-corrected chi connectivity index (χ2v) is 43.5. The zero-order valence-electron chi connectivity index (χ0n) is 82.6. The first-order valence-electron chi connectivity index (χ1n) is 50.5. The summed E-state index contributed by atoms with van der Waals surface area (Å²) in [6, 6.07) is 92.6. The van der Waals surface area contributed by atoms with Crippen LogP contribution in [0.2, 0.25) is 0 Å². The summed E-state index contributed by atoms with van der Waals surface area (Å²) in [6.45, 7) is 5.63. The molecule has 5 aromatic heterocycles. The zero-order chi connectivity index (χ0) is 103. The summed E-state index contributed by atoms with van der Waals surface area (Å²) in [5, 5.41) is 51.4. The molecule has 9 saturated carbocycles. The average Bonchev–Trinajstić information content (AvgIpc) is 1.75. The summed E-state index contributed by atoms with van der Waals surface area (Å²) < 4.78 is 91.5. The van der Waals surface area contributed by atoms with Crippen LogP contribution in [-0.2, 0) is 121 Å². The molecule has 0 radical (unpaired) electrons. The van der Waals surface area contributed by atoms with E-state index >= 15 is 0 Å². The number of ketones is 1. The lowest BCUT2D eigenvalue weighted by Gasteiger charge is -2.36. The molecule has 0 spiro atoms. The molecule has 0 saturated heterocycles. The van der Waals surface area contributed by atoms with Gasteiger partial charge < -0.3 is 58.0 Å². The highest BCUT2D eigenvalue weighted by atomic mass is 79.9. The van der Waals surface area contributed by atoms with Gasteiger partial charge in [0.15, 0.2) is 5.78 Å². The van der Waals surface area contributed by atoms with Crippen molar-refractivity contribution in [3.63, 3.8) is 0 Å². The van der Waals surface area contributed by atoms with E-state index in [0.717, 1.165) is 149 Å². The van der Waals surface area contributed by atoms with E-state index in [2.05, 4.69) is 159 Å². The van der Waals surface area contributed by atoms with Crippen molar-refractivity contribution < 1.29 is 75.3 Å². The fourth-order valence-corrected chi connectivity index (χ4v) is 18.5. The normalized spacial score (nSPS) is 23.3. The molecule has 17 atom stereocenters. The Hall–Kier alpha value is -9.47. The van der Waals surface area contributed by atoms with Crippen molar-refractivity contribution in [2.45, 2.75) is 279 Å². The van der Waals surface area contributed by atoms with Gasteiger partial charge in [0.05, 0.1) is 210 Å². The molecule has 1 unspecified atom stereocenters. The van der Waals surface area contributed by atoms with Crippen molar-refractivity contribution in [2.24, 2.45) is 0 Å². The number of hydrogen-bond acceptors (Lipinski definition) is 21. The quantitative estimate of drug-likeness (QED) is 0.0278. The molecule has 780 valence electrons. The number of aliphatic hydroxyl groups excluding tert-OH is 3. The summed E-state index contributed by atoms with van der Waals surface area (Å²) in [4.78, 5) is 10.9. The van der Waals surface area contributed by atoms with E-state index in [9.17, 15) is 28.5 Å². The first-order valence-corrected chi connectivity index (χ1v) is 56.3. The molecular formula is C115H133Br5N10O16S. The van der Waals surface area contributed by atoms with Gasteiger partial charge in [-0.25, -0.2) is 0 Å². The number of hydrogen-bond donors (Lipinski definition) is 4. The maximum atomic E-state index is 11.0. The minimum absolute atomic E-state index is 0.0696. The molecule has 9 aliphatic rings. The van der Waals surface area contributed by atoms with Crippen LogP contribution in [0.25, 0.3) is 0 Å². The number of ether oxygens (including phenoxy) is 9. The first-order chi connectivity index (χ1) is 71.7. The highest BCUT2D eigenvalue weighted by molar-refractivity contribution is 9.11. The molecule has 23 rings (SSSR count). The van der Waals surface area contributed by atoms with Crippen molar-refractivity contribution in [1.82, 2.24) is 49.3 Å². The van der Waals surface area contributed by atoms with E-state index in [1.165, 1.54) is 38.9 Å². The molecule has 32 heteroatoms. The molecule has 0 amide bonds. The Morgan fingerprint density at radius 2 is 0.497 bits per heavy atom. The lowest BCUT2D eigenvalue weighted by molar-refractivity contribution is -0.141. The van der Waals surface area contributed by atoms with Crippen molar-refractivity contribution in [3.05, 3.63) is 407 Å². The zero-order valence-corrected chi connectivity index (χ0v) is 91.4. The van der Waals surface area contributed by atoms with Gasteiger partial charge in [-0.2, -0.15) is 33.9 Å². The standard InChI is InChI=1S/4C14H15BrN2O.C12H16O4S.3C11H14O2.C11H12O2.C3H3BrN2/c4*15-12-8-16-17(9-12)13-6-7-14(13)18-10-11-4-2-1-3-5-11;1-17(13,14)16-12-8-7-11(12)15-9-10-5-3-2-4-6-10;4*12-10-6-7-11(10)13-8-9-4-2-1-3-5-9;4-3-1-5-6-2-3/h4*1-5,8-9,13-14H,6-7,10H2;2-6,11-12H,7-9H2,1H3;3*1-5,10-12H,6-8H2;1-5,11H,6-8H2;1-2H,(H,5,6)/t4*13-,14-;11-,12+;2*10-,11+;10-,11-;;/m10000110../s1.